The fraction of sp³-hybridized carbons (Fsp3) is 0.364. The van der Waals surface area contributed by atoms with Gasteiger partial charge in [0.25, 0.3) is 5.56 Å². The van der Waals surface area contributed by atoms with Crippen LogP contribution in [0, 0.1) is 0 Å². The first-order valence-corrected chi connectivity index (χ1v) is 6.86. The molecule has 0 aliphatic carbocycles. The van der Waals surface area contributed by atoms with Crippen LogP contribution in [0.25, 0.3) is 10.1 Å². The number of halogens is 1. The molecule has 0 saturated heterocycles. The molecule has 0 radical (unpaired) electrons. The van der Waals surface area contributed by atoms with Gasteiger partial charge in [-0.05, 0) is 27.4 Å². The second-order valence-electron chi connectivity index (χ2n) is 3.47. The largest absolute Gasteiger partial charge is 0.394 e. The molecule has 0 spiro atoms. The Hall–Kier alpha value is -0.690. The summed E-state index contributed by atoms with van der Waals surface area (Å²) >= 11 is 5.00. The molecule has 0 saturated carbocycles. The zero-order valence-electron chi connectivity index (χ0n) is 9.06. The number of aliphatic hydroxyl groups excluding tert-OH is 1. The summed E-state index contributed by atoms with van der Waals surface area (Å²) in [5.74, 6) is 0. The van der Waals surface area contributed by atoms with Gasteiger partial charge in [-0.1, -0.05) is 0 Å². The van der Waals surface area contributed by atoms with Crippen LogP contribution in [0.4, 0.5) is 0 Å². The van der Waals surface area contributed by atoms with Crippen LogP contribution < -0.4 is 5.56 Å². The van der Waals surface area contributed by atoms with Crippen molar-refractivity contribution in [2.24, 2.45) is 0 Å². The fourth-order valence-corrected chi connectivity index (χ4v) is 3.10. The molecule has 2 aromatic rings. The third kappa shape index (κ3) is 2.77. The van der Waals surface area contributed by atoms with Crippen LogP contribution in [0.15, 0.2) is 26.9 Å². The highest BCUT2D eigenvalue weighted by Gasteiger charge is 2.07. The van der Waals surface area contributed by atoms with E-state index < -0.39 is 0 Å². The molecule has 17 heavy (non-hydrogen) atoms. The van der Waals surface area contributed by atoms with E-state index in [1.54, 1.807) is 22.1 Å². The van der Waals surface area contributed by atoms with Crippen molar-refractivity contribution in [2.45, 2.75) is 6.54 Å². The van der Waals surface area contributed by atoms with E-state index in [0.29, 0.717) is 19.8 Å². The van der Waals surface area contributed by atoms with Gasteiger partial charge in [0, 0.05) is 12.7 Å². The van der Waals surface area contributed by atoms with Crippen LogP contribution in [-0.2, 0) is 11.3 Å². The fourth-order valence-electron chi connectivity index (χ4n) is 1.57. The standard InChI is InChI=1S/C11H12BrNO3S/c12-9-7-13(2-4-16-5-3-14)11(15)8-1-6-17-10(8)9/h1,6-7,14H,2-5H2. The highest BCUT2D eigenvalue weighted by Crippen LogP contribution is 2.25. The molecule has 0 unspecified atom stereocenters. The van der Waals surface area contributed by atoms with Crippen molar-refractivity contribution in [2.75, 3.05) is 19.8 Å². The van der Waals surface area contributed by atoms with Crippen molar-refractivity contribution < 1.29 is 9.84 Å². The minimum atomic E-state index is -0.00273. The molecular weight excluding hydrogens is 306 g/mol. The molecule has 2 rings (SSSR count). The van der Waals surface area contributed by atoms with Crippen LogP contribution in [0.1, 0.15) is 0 Å². The Balaban J connectivity index is 2.22. The van der Waals surface area contributed by atoms with Gasteiger partial charge in [-0.2, -0.15) is 0 Å². The van der Waals surface area contributed by atoms with E-state index >= 15 is 0 Å². The van der Waals surface area contributed by atoms with Gasteiger partial charge in [0.2, 0.25) is 0 Å². The molecule has 1 N–H and O–H groups in total. The van der Waals surface area contributed by atoms with Crippen molar-refractivity contribution >= 4 is 37.4 Å². The number of nitrogens with zero attached hydrogens (tertiary/aromatic N) is 1. The van der Waals surface area contributed by atoms with Gasteiger partial charge in [0.15, 0.2) is 0 Å². The van der Waals surface area contributed by atoms with E-state index in [-0.39, 0.29) is 12.2 Å². The third-order valence-corrected chi connectivity index (χ3v) is 4.17. The van der Waals surface area contributed by atoms with E-state index in [2.05, 4.69) is 15.9 Å². The smallest absolute Gasteiger partial charge is 0.259 e. The highest BCUT2D eigenvalue weighted by molar-refractivity contribution is 9.10. The maximum atomic E-state index is 12.0. The molecule has 0 fully saturated rings. The Kier molecular flexibility index (Phi) is 4.33. The molecule has 0 aromatic carbocycles. The number of thiophene rings is 1. The van der Waals surface area contributed by atoms with E-state index in [1.807, 2.05) is 11.4 Å². The molecule has 0 aliphatic rings. The lowest BCUT2D eigenvalue weighted by atomic mass is 10.3. The van der Waals surface area contributed by atoms with Crippen molar-refractivity contribution in [1.82, 2.24) is 4.57 Å². The van der Waals surface area contributed by atoms with E-state index in [4.69, 9.17) is 9.84 Å². The van der Waals surface area contributed by atoms with Crippen LogP contribution in [0.2, 0.25) is 0 Å². The minimum Gasteiger partial charge on any atom is -0.394 e. The lowest BCUT2D eigenvalue weighted by Gasteiger charge is -2.07. The summed E-state index contributed by atoms with van der Waals surface area (Å²) in [5.41, 5.74) is -0.00273. The van der Waals surface area contributed by atoms with Gasteiger partial charge in [-0.25, -0.2) is 0 Å². The summed E-state index contributed by atoms with van der Waals surface area (Å²) in [4.78, 5) is 12.0. The second-order valence-corrected chi connectivity index (χ2v) is 5.25. The summed E-state index contributed by atoms with van der Waals surface area (Å²) < 4.78 is 8.67. The average molecular weight is 318 g/mol. The number of ether oxygens (including phenoxy) is 1. The number of rotatable bonds is 5. The van der Waals surface area contributed by atoms with Gasteiger partial charge in [-0.3, -0.25) is 4.79 Å². The van der Waals surface area contributed by atoms with Crippen molar-refractivity contribution in [3.8, 4) is 0 Å². The molecular formula is C11H12BrNO3S. The van der Waals surface area contributed by atoms with E-state index in [0.717, 1.165) is 14.6 Å². The average Bonchev–Trinajstić information content (AvgIpc) is 2.80. The number of pyridine rings is 1. The maximum absolute atomic E-state index is 12.0. The number of hydrogen-bond donors (Lipinski definition) is 1. The Morgan fingerprint density at radius 3 is 3.06 bits per heavy atom. The number of aromatic nitrogens is 1. The Morgan fingerprint density at radius 2 is 2.29 bits per heavy atom. The van der Waals surface area contributed by atoms with Crippen LogP contribution >= 0.6 is 27.3 Å². The molecule has 6 heteroatoms. The van der Waals surface area contributed by atoms with E-state index in [9.17, 15) is 4.79 Å². The zero-order chi connectivity index (χ0) is 12.3. The van der Waals surface area contributed by atoms with Gasteiger partial charge in [-0.15, -0.1) is 11.3 Å². The van der Waals surface area contributed by atoms with Crippen molar-refractivity contribution in [1.29, 1.82) is 0 Å². The molecule has 92 valence electrons. The third-order valence-electron chi connectivity index (χ3n) is 2.35. The maximum Gasteiger partial charge on any atom is 0.259 e. The molecule has 2 heterocycles. The Morgan fingerprint density at radius 1 is 1.47 bits per heavy atom. The van der Waals surface area contributed by atoms with Gasteiger partial charge >= 0.3 is 0 Å². The Labute approximate surface area is 111 Å². The van der Waals surface area contributed by atoms with Crippen LogP contribution in [-0.4, -0.2) is 29.5 Å². The van der Waals surface area contributed by atoms with Gasteiger partial charge in [0.05, 0.1) is 34.4 Å². The van der Waals surface area contributed by atoms with E-state index in [1.165, 1.54) is 0 Å². The lowest BCUT2D eigenvalue weighted by Crippen LogP contribution is -2.22. The molecule has 0 bridgehead atoms. The van der Waals surface area contributed by atoms with Crippen LogP contribution in [0.3, 0.4) is 0 Å². The summed E-state index contributed by atoms with van der Waals surface area (Å²) in [5, 5.41) is 11.2. The number of aliphatic hydroxyl groups is 1. The predicted molar refractivity (Wildman–Crippen MR) is 71.7 cm³/mol. The van der Waals surface area contributed by atoms with Crippen molar-refractivity contribution in [3.05, 3.63) is 32.5 Å². The molecule has 2 aromatic heterocycles. The first-order valence-electron chi connectivity index (χ1n) is 5.19. The molecule has 0 aliphatic heterocycles. The Bertz CT molecular complexity index is 563. The molecule has 0 atom stereocenters. The SMILES string of the molecule is O=c1c2ccsc2c(Br)cn1CCOCCO. The molecule has 0 amide bonds. The predicted octanol–water partition coefficient (Wildman–Crippen LogP) is 1.83. The quantitative estimate of drug-likeness (QED) is 0.856. The van der Waals surface area contributed by atoms with Gasteiger partial charge in [0.1, 0.15) is 0 Å². The summed E-state index contributed by atoms with van der Waals surface area (Å²) in [6.45, 7) is 1.21. The first-order chi connectivity index (χ1) is 8.24. The van der Waals surface area contributed by atoms with Crippen molar-refractivity contribution in [3.63, 3.8) is 0 Å². The number of hydrogen-bond acceptors (Lipinski definition) is 4. The second kappa shape index (κ2) is 5.77. The summed E-state index contributed by atoms with van der Waals surface area (Å²) in [7, 11) is 0. The molecule has 4 nitrogen and oxygen atoms in total. The first kappa shape index (κ1) is 12.8. The summed E-state index contributed by atoms with van der Waals surface area (Å²) in [6, 6.07) is 1.83. The topological polar surface area (TPSA) is 51.5 Å². The highest BCUT2D eigenvalue weighted by atomic mass is 79.9. The lowest BCUT2D eigenvalue weighted by molar-refractivity contribution is 0.0866. The van der Waals surface area contributed by atoms with Gasteiger partial charge < -0.3 is 14.4 Å². The normalized spacial score (nSPS) is 11.2. The minimum absolute atomic E-state index is 0.00214. The van der Waals surface area contributed by atoms with Crippen LogP contribution in [0.5, 0.6) is 0 Å². The zero-order valence-corrected chi connectivity index (χ0v) is 11.5. The monoisotopic (exact) mass is 317 g/mol. The summed E-state index contributed by atoms with van der Waals surface area (Å²) in [6.07, 6.45) is 1.78. The number of fused-ring (bicyclic) bond motifs is 1.